The Morgan fingerprint density at radius 2 is 1.33 bits per heavy atom. The molecule has 27 heavy (non-hydrogen) atoms. The predicted molar refractivity (Wildman–Crippen MR) is 99.9 cm³/mol. The van der Waals surface area contributed by atoms with Crippen LogP contribution in [0.3, 0.4) is 0 Å². The highest BCUT2D eigenvalue weighted by molar-refractivity contribution is 7.98. The van der Waals surface area contributed by atoms with Crippen molar-refractivity contribution in [3.63, 3.8) is 0 Å². The molecule has 0 unspecified atom stereocenters. The van der Waals surface area contributed by atoms with Gasteiger partial charge in [-0.05, 0) is 42.1 Å². The molecule has 0 saturated heterocycles. The highest BCUT2D eigenvalue weighted by Gasteiger charge is 2.37. The van der Waals surface area contributed by atoms with Crippen LogP contribution in [0, 0.1) is 6.92 Å². The quantitative estimate of drug-likeness (QED) is 0.325. The summed E-state index contributed by atoms with van der Waals surface area (Å²) in [6, 6.07) is 23.9. The fourth-order valence-electron chi connectivity index (χ4n) is 1.99. The van der Waals surface area contributed by atoms with Crippen LogP contribution < -0.4 is 0 Å². The molecule has 3 nitrogen and oxygen atoms in total. The van der Waals surface area contributed by atoms with E-state index in [-0.39, 0.29) is 10.9 Å². The van der Waals surface area contributed by atoms with E-state index in [1.165, 1.54) is 19.6 Å². The second kappa shape index (κ2) is 8.92. The van der Waals surface area contributed by atoms with Crippen molar-refractivity contribution in [1.29, 1.82) is 0 Å². The smallest absolute Gasteiger partial charge is 0.485 e. The molecule has 0 aliphatic carbocycles. The largest absolute Gasteiger partial charge is 0.741 e. The van der Waals surface area contributed by atoms with E-state index in [0.29, 0.717) is 0 Å². The van der Waals surface area contributed by atoms with E-state index in [9.17, 15) is 13.2 Å². The maximum atomic E-state index is 10.7. The summed E-state index contributed by atoms with van der Waals surface area (Å²) in [6.45, 7) is 2.16. The Morgan fingerprint density at radius 1 is 0.926 bits per heavy atom. The van der Waals surface area contributed by atoms with Crippen LogP contribution in [0.2, 0.25) is 0 Å². The lowest BCUT2D eigenvalue weighted by Crippen LogP contribution is -2.21. The van der Waals surface area contributed by atoms with Gasteiger partial charge in [-0.2, -0.15) is 13.2 Å². The first-order valence-corrected chi connectivity index (χ1v) is 11.0. The van der Waals surface area contributed by atoms with Gasteiger partial charge in [0.25, 0.3) is 0 Å². The third-order valence-electron chi connectivity index (χ3n) is 3.15. The van der Waals surface area contributed by atoms with Crippen molar-refractivity contribution >= 4 is 32.3 Å². The Morgan fingerprint density at radius 3 is 1.63 bits per heavy atom. The minimum absolute atomic E-state index is 0.0247. The third-order valence-corrected chi connectivity index (χ3v) is 7.35. The summed E-state index contributed by atoms with van der Waals surface area (Å²) in [5.41, 5.74) is -4.29. The van der Waals surface area contributed by atoms with Crippen molar-refractivity contribution < 1.29 is 26.1 Å². The number of thiophene rings is 1. The van der Waals surface area contributed by atoms with Crippen LogP contribution in [0.25, 0.3) is 0 Å². The van der Waals surface area contributed by atoms with Crippen molar-refractivity contribution in [3.05, 3.63) is 77.7 Å². The number of hydrogen-bond donors (Lipinski definition) is 0. The van der Waals surface area contributed by atoms with Crippen LogP contribution in [0.1, 0.15) is 5.56 Å². The van der Waals surface area contributed by atoms with Crippen molar-refractivity contribution in [1.82, 2.24) is 0 Å². The molecule has 0 N–H and O–H groups in total. The molecule has 0 spiro atoms. The van der Waals surface area contributed by atoms with Gasteiger partial charge in [-0.1, -0.05) is 47.7 Å². The van der Waals surface area contributed by atoms with E-state index in [1.807, 2.05) is 11.3 Å². The van der Waals surface area contributed by atoms with E-state index in [0.717, 1.165) is 0 Å². The lowest BCUT2D eigenvalue weighted by molar-refractivity contribution is -0.0517. The summed E-state index contributed by atoms with van der Waals surface area (Å²) in [7, 11) is -6.07. The summed E-state index contributed by atoms with van der Waals surface area (Å²) in [4.78, 5) is 2.77. The van der Waals surface area contributed by atoms with Gasteiger partial charge in [0, 0.05) is 6.07 Å². The van der Waals surface area contributed by atoms with Gasteiger partial charge < -0.3 is 4.55 Å². The molecule has 3 rings (SSSR count). The van der Waals surface area contributed by atoms with Crippen LogP contribution in [-0.2, 0) is 21.0 Å². The van der Waals surface area contributed by atoms with E-state index in [4.69, 9.17) is 13.0 Å². The van der Waals surface area contributed by atoms with Crippen LogP contribution in [0.4, 0.5) is 13.2 Å². The molecule has 1 aromatic heterocycles. The normalized spacial score (nSPS) is 11.8. The summed E-state index contributed by atoms with van der Waals surface area (Å²) >= 11 is 1.86. The first-order chi connectivity index (χ1) is 12.6. The predicted octanol–water partition coefficient (Wildman–Crippen LogP) is 5.20. The Kier molecular flexibility index (Phi) is 7.10. The van der Waals surface area contributed by atoms with Crippen molar-refractivity contribution in [2.75, 3.05) is 0 Å². The molecule has 0 amide bonds. The zero-order valence-corrected chi connectivity index (χ0v) is 16.5. The highest BCUT2D eigenvalue weighted by Crippen LogP contribution is 2.34. The summed E-state index contributed by atoms with van der Waals surface area (Å²) in [6.07, 6.45) is 0. The summed E-state index contributed by atoms with van der Waals surface area (Å²) < 4.78 is 60.3. The zero-order chi connectivity index (χ0) is 20.1. The van der Waals surface area contributed by atoms with Gasteiger partial charge in [-0.15, -0.1) is 0 Å². The van der Waals surface area contributed by atoms with E-state index in [2.05, 4.69) is 79.0 Å². The van der Waals surface area contributed by atoms with Gasteiger partial charge in [0.2, 0.25) is 4.21 Å². The van der Waals surface area contributed by atoms with Crippen LogP contribution in [-0.4, -0.2) is 18.5 Å². The van der Waals surface area contributed by atoms with Crippen molar-refractivity contribution in [3.8, 4) is 0 Å². The van der Waals surface area contributed by atoms with E-state index < -0.39 is 15.6 Å². The van der Waals surface area contributed by atoms with Crippen LogP contribution >= 0.6 is 11.3 Å². The average molecular weight is 433 g/mol. The Labute approximate surface area is 162 Å². The number of aryl methyl sites for hydroxylation is 1. The molecular formula is C18H15F3O3S3. The maximum Gasteiger partial charge on any atom is 0.485 e. The van der Waals surface area contributed by atoms with Gasteiger partial charge in [-0.25, -0.2) is 8.42 Å². The second-order valence-corrected chi connectivity index (χ2v) is 9.81. The number of alkyl halides is 3. The molecule has 1 heterocycles. The molecule has 0 aliphatic rings. The Balaban J connectivity index is 0.000000279. The summed E-state index contributed by atoms with van der Waals surface area (Å²) in [5, 5.41) is 2.24. The van der Waals surface area contributed by atoms with E-state index in [1.54, 1.807) is 0 Å². The molecule has 3 aromatic rings. The standard InChI is InChI=1S/C17H15S2.CHF3O3S/c1-14-12-17(18-13-14)19(15-8-4-2-5-9-15)16-10-6-3-7-11-16;2-1(3,4)8(5,6)7/h2-13H,1H3;(H,5,6,7)/q+1;/p-1. The fraction of sp³-hybridized carbons (Fsp3) is 0.111. The zero-order valence-electron chi connectivity index (χ0n) is 14.0. The molecule has 0 bridgehead atoms. The topological polar surface area (TPSA) is 57.2 Å². The SMILES string of the molecule is Cc1csc([S+](c2ccccc2)c2ccccc2)c1.O=S(=O)([O-])C(F)(F)F. The van der Waals surface area contributed by atoms with Gasteiger partial charge in [0.05, 0.1) is 0 Å². The van der Waals surface area contributed by atoms with Crippen molar-refractivity contribution in [2.24, 2.45) is 0 Å². The first-order valence-electron chi connectivity index (χ1n) is 7.51. The molecule has 0 saturated carbocycles. The van der Waals surface area contributed by atoms with Gasteiger partial charge >= 0.3 is 5.51 Å². The number of benzene rings is 2. The average Bonchev–Trinajstić information content (AvgIpc) is 3.02. The van der Waals surface area contributed by atoms with Gasteiger partial charge in [0.15, 0.2) is 19.9 Å². The Bertz CT molecular complexity index is 914. The molecule has 0 aliphatic heterocycles. The third kappa shape index (κ3) is 6.10. The lowest BCUT2D eigenvalue weighted by atomic mass is 10.4. The molecule has 144 valence electrons. The molecular weight excluding hydrogens is 417 g/mol. The van der Waals surface area contributed by atoms with Crippen LogP contribution in [0.15, 0.2) is 86.1 Å². The minimum Gasteiger partial charge on any atom is -0.741 e. The monoisotopic (exact) mass is 432 g/mol. The number of rotatable bonds is 3. The number of hydrogen-bond acceptors (Lipinski definition) is 4. The molecule has 9 heteroatoms. The first kappa shape index (κ1) is 21.5. The maximum absolute atomic E-state index is 10.7. The number of halogens is 3. The second-order valence-electron chi connectivity index (χ2n) is 5.28. The fourth-order valence-corrected chi connectivity index (χ4v) is 5.62. The molecule has 0 atom stereocenters. The van der Waals surface area contributed by atoms with Gasteiger partial charge in [-0.3, -0.25) is 0 Å². The van der Waals surface area contributed by atoms with Crippen LogP contribution in [0.5, 0.6) is 0 Å². The highest BCUT2D eigenvalue weighted by atomic mass is 32.2. The van der Waals surface area contributed by atoms with Gasteiger partial charge in [0.1, 0.15) is 10.9 Å². The molecule has 2 aromatic carbocycles. The Hall–Kier alpha value is -1.81. The minimum atomic E-state index is -6.09. The van der Waals surface area contributed by atoms with E-state index >= 15 is 0 Å². The summed E-state index contributed by atoms with van der Waals surface area (Å²) in [5.74, 6) is 0. The molecule has 0 radical (unpaired) electrons. The molecule has 0 fully saturated rings. The lowest BCUT2D eigenvalue weighted by Gasteiger charge is -2.08. The van der Waals surface area contributed by atoms with Crippen molar-refractivity contribution in [2.45, 2.75) is 26.4 Å².